The first-order valence-corrected chi connectivity index (χ1v) is 8.77. The van der Waals surface area contributed by atoms with Crippen LogP contribution in [0.2, 0.25) is 5.15 Å². The highest BCUT2D eigenvalue weighted by Gasteiger charge is 2.19. The van der Waals surface area contributed by atoms with Crippen LogP contribution in [0.15, 0.2) is 72.9 Å². The fourth-order valence-electron chi connectivity index (χ4n) is 2.67. The lowest BCUT2D eigenvalue weighted by Crippen LogP contribution is -2.45. The van der Waals surface area contributed by atoms with Crippen molar-refractivity contribution in [2.45, 2.75) is 12.5 Å². The summed E-state index contributed by atoms with van der Waals surface area (Å²) < 4.78 is 0. The average molecular weight is 380 g/mol. The fraction of sp³-hybridized carbons (Fsp3) is 0.0952. The number of pyridine rings is 1. The second-order valence-electron chi connectivity index (χ2n) is 6.07. The molecule has 2 amide bonds. The van der Waals surface area contributed by atoms with Crippen molar-refractivity contribution >= 4 is 23.4 Å². The van der Waals surface area contributed by atoms with E-state index in [4.69, 9.17) is 17.3 Å². The first-order chi connectivity index (χ1) is 13.0. The van der Waals surface area contributed by atoms with Gasteiger partial charge in [-0.1, -0.05) is 60.1 Å². The maximum Gasteiger partial charge on any atom is 0.251 e. The third-order valence-electron chi connectivity index (χ3n) is 4.13. The number of nitrogens with zero attached hydrogens (tertiary/aromatic N) is 1. The highest BCUT2D eigenvalue weighted by molar-refractivity contribution is 6.29. The standard InChI is InChI=1S/C21H18ClN3O2/c22-19-11-6-14(13-24-19)12-18(20(23)26)25-21(27)17-9-7-16(8-10-17)15-4-2-1-3-5-15/h1-11,13,18H,12H2,(H2,23,26)(H,25,27)/t18-/m1/s1. The van der Waals surface area contributed by atoms with Gasteiger partial charge in [-0.05, 0) is 34.9 Å². The van der Waals surface area contributed by atoms with Crippen molar-refractivity contribution in [2.24, 2.45) is 5.73 Å². The van der Waals surface area contributed by atoms with E-state index < -0.39 is 11.9 Å². The summed E-state index contributed by atoms with van der Waals surface area (Å²) >= 11 is 5.76. The summed E-state index contributed by atoms with van der Waals surface area (Å²) in [5, 5.41) is 3.04. The Hall–Kier alpha value is -3.18. The van der Waals surface area contributed by atoms with Crippen molar-refractivity contribution in [2.75, 3.05) is 0 Å². The molecule has 0 unspecified atom stereocenters. The summed E-state index contributed by atoms with van der Waals surface area (Å²) in [5.41, 5.74) is 8.72. The first kappa shape index (κ1) is 18.6. The average Bonchev–Trinajstić information content (AvgIpc) is 2.69. The number of hydrogen-bond acceptors (Lipinski definition) is 3. The quantitative estimate of drug-likeness (QED) is 0.645. The molecule has 3 aromatic rings. The van der Waals surface area contributed by atoms with Gasteiger partial charge >= 0.3 is 0 Å². The van der Waals surface area contributed by atoms with Crippen LogP contribution >= 0.6 is 11.6 Å². The predicted octanol–water partition coefficient (Wildman–Crippen LogP) is 3.23. The second-order valence-corrected chi connectivity index (χ2v) is 6.45. The van der Waals surface area contributed by atoms with E-state index in [0.29, 0.717) is 10.7 Å². The van der Waals surface area contributed by atoms with Crippen molar-refractivity contribution in [1.82, 2.24) is 10.3 Å². The van der Waals surface area contributed by atoms with Crippen LogP contribution in [0.5, 0.6) is 0 Å². The molecule has 0 aliphatic rings. The lowest BCUT2D eigenvalue weighted by molar-refractivity contribution is -0.119. The molecule has 0 saturated heterocycles. The van der Waals surface area contributed by atoms with Crippen LogP contribution in [0.4, 0.5) is 0 Å². The zero-order valence-electron chi connectivity index (χ0n) is 14.4. The number of aromatic nitrogens is 1. The molecule has 27 heavy (non-hydrogen) atoms. The summed E-state index contributed by atoms with van der Waals surface area (Å²) in [7, 11) is 0. The van der Waals surface area contributed by atoms with Gasteiger partial charge < -0.3 is 11.1 Å². The van der Waals surface area contributed by atoms with Crippen molar-refractivity contribution in [3.8, 4) is 11.1 Å². The van der Waals surface area contributed by atoms with Crippen LogP contribution in [-0.4, -0.2) is 22.8 Å². The van der Waals surface area contributed by atoms with Gasteiger partial charge in [0.1, 0.15) is 11.2 Å². The van der Waals surface area contributed by atoms with Gasteiger partial charge in [-0.15, -0.1) is 0 Å². The van der Waals surface area contributed by atoms with Crippen molar-refractivity contribution in [3.63, 3.8) is 0 Å². The van der Waals surface area contributed by atoms with E-state index in [1.165, 1.54) is 0 Å². The number of rotatable bonds is 6. The minimum absolute atomic E-state index is 0.243. The molecule has 5 nitrogen and oxygen atoms in total. The van der Waals surface area contributed by atoms with Crippen molar-refractivity contribution in [3.05, 3.63) is 89.2 Å². The molecule has 1 atom stereocenters. The van der Waals surface area contributed by atoms with Gasteiger partial charge in [-0.3, -0.25) is 9.59 Å². The molecule has 136 valence electrons. The van der Waals surface area contributed by atoms with Gasteiger partial charge in [-0.25, -0.2) is 4.98 Å². The minimum Gasteiger partial charge on any atom is -0.368 e. The smallest absolute Gasteiger partial charge is 0.251 e. The zero-order valence-corrected chi connectivity index (χ0v) is 15.2. The Bertz CT molecular complexity index is 926. The molecule has 3 N–H and O–H groups in total. The van der Waals surface area contributed by atoms with E-state index >= 15 is 0 Å². The van der Waals surface area contributed by atoms with E-state index in [1.807, 2.05) is 42.5 Å². The Morgan fingerprint density at radius 3 is 2.22 bits per heavy atom. The summed E-state index contributed by atoms with van der Waals surface area (Å²) in [6.45, 7) is 0. The van der Waals surface area contributed by atoms with E-state index in [1.54, 1.807) is 30.5 Å². The maximum atomic E-state index is 12.5. The molecule has 1 heterocycles. The van der Waals surface area contributed by atoms with Gasteiger partial charge in [0.25, 0.3) is 5.91 Å². The number of halogens is 1. The molecule has 0 radical (unpaired) electrons. The number of benzene rings is 2. The molecule has 2 aromatic carbocycles. The number of carbonyl (C=O) groups is 2. The van der Waals surface area contributed by atoms with E-state index in [0.717, 1.165) is 16.7 Å². The Kier molecular flexibility index (Phi) is 5.84. The largest absolute Gasteiger partial charge is 0.368 e. The summed E-state index contributed by atoms with van der Waals surface area (Å²) in [6.07, 6.45) is 1.80. The van der Waals surface area contributed by atoms with Crippen LogP contribution in [0, 0.1) is 0 Å². The van der Waals surface area contributed by atoms with Crippen LogP contribution in [0.3, 0.4) is 0 Å². The zero-order chi connectivity index (χ0) is 19.2. The highest BCUT2D eigenvalue weighted by atomic mass is 35.5. The van der Waals surface area contributed by atoms with E-state index in [-0.39, 0.29) is 12.3 Å². The van der Waals surface area contributed by atoms with Gasteiger partial charge in [-0.2, -0.15) is 0 Å². The molecule has 3 rings (SSSR count). The second kappa shape index (κ2) is 8.47. The molecule has 0 saturated carbocycles. The Morgan fingerprint density at radius 1 is 0.963 bits per heavy atom. The lowest BCUT2D eigenvalue weighted by atomic mass is 10.0. The van der Waals surface area contributed by atoms with Gasteiger partial charge in [0.05, 0.1) is 0 Å². The van der Waals surface area contributed by atoms with E-state index in [9.17, 15) is 9.59 Å². The maximum absolute atomic E-state index is 12.5. The number of hydrogen-bond donors (Lipinski definition) is 2. The van der Waals surface area contributed by atoms with Crippen LogP contribution in [0.25, 0.3) is 11.1 Å². The molecule has 0 spiro atoms. The van der Waals surface area contributed by atoms with Crippen molar-refractivity contribution in [1.29, 1.82) is 0 Å². The molecule has 0 bridgehead atoms. The fourth-order valence-corrected chi connectivity index (χ4v) is 2.78. The Balaban J connectivity index is 1.70. The third-order valence-corrected chi connectivity index (χ3v) is 4.36. The molecule has 1 aromatic heterocycles. The highest BCUT2D eigenvalue weighted by Crippen LogP contribution is 2.19. The Morgan fingerprint density at radius 2 is 1.63 bits per heavy atom. The molecular weight excluding hydrogens is 362 g/mol. The van der Waals surface area contributed by atoms with Crippen LogP contribution < -0.4 is 11.1 Å². The van der Waals surface area contributed by atoms with Crippen LogP contribution in [0.1, 0.15) is 15.9 Å². The molecule has 0 aliphatic heterocycles. The summed E-state index contributed by atoms with van der Waals surface area (Å²) in [6, 6.07) is 19.6. The molecule has 0 fully saturated rings. The summed E-state index contributed by atoms with van der Waals surface area (Å²) in [4.78, 5) is 28.2. The number of amides is 2. The number of nitrogens with one attached hydrogen (secondary N) is 1. The molecular formula is C21H18ClN3O2. The number of primary amides is 1. The SMILES string of the molecule is NC(=O)[C@@H](Cc1ccc(Cl)nc1)NC(=O)c1ccc(-c2ccccc2)cc1. The Labute approximate surface area is 162 Å². The number of nitrogens with two attached hydrogens (primary N) is 1. The normalized spacial score (nSPS) is 11.6. The monoisotopic (exact) mass is 379 g/mol. The predicted molar refractivity (Wildman–Crippen MR) is 105 cm³/mol. The first-order valence-electron chi connectivity index (χ1n) is 8.39. The van der Waals surface area contributed by atoms with E-state index in [2.05, 4.69) is 10.3 Å². The number of carbonyl (C=O) groups excluding carboxylic acids is 2. The summed E-state index contributed by atoms with van der Waals surface area (Å²) in [5.74, 6) is -0.973. The molecule has 0 aliphatic carbocycles. The van der Waals surface area contributed by atoms with Crippen LogP contribution in [-0.2, 0) is 11.2 Å². The molecule has 6 heteroatoms. The van der Waals surface area contributed by atoms with Crippen molar-refractivity contribution < 1.29 is 9.59 Å². The lowest BCUT2D eigenvalue weighted by Gasteiger charge is -2.15. The minimum atomic E-state index is -0.839. The van der Waals surface area contributed by atoms with Gasteiger partial charge in [0, 0.05) is 18.2 Å². The van der Waals surface area contributed by atoms with Gasteiger partial charge in [0.2, 0.25) is 5.91 Å². The topological polar surface area (TPSA) is 85.1 Å². The van der Waals surface area contributed by atoms with Gasteiger partial charge in [0.15, 0.2) is 0 Å². The third kappa shape index (κ3) is 4.92.